The number of aromatic nitrogens is 4. The van der Waals surface area contributed by atoms with Gasteiger partial charge in [0.15, 0.2) is 0 Å². The topological polar surface area (TPSA) is 41.4 Å². The summed E-state index contributed by atoms with van der Waals surface area (Å²) in [6.07, 6.45) is 0. The normalized spacial score (nSPS) is 13.1. The number of H-pyrrole nitrogens is 2. The van der Waals surface area contributed by atoms with Crippen molar-refractivity contribution in [2.45, 2.75) is 13.8 Å². The summed E-state index contributed by atoms with van der Waals surface area (Å²) < 4.78 is 6.67. The summed E-state index contributed by atoms with van der Waals surface area (Å²) in [6.45, 7) is 4.14. The average Bonchev–Trinajstić information content (AvgIpc) is 2.70. The number of nitrogens with one attached hydrogen (secondary N) is 2. The van der Waals surface area contributed by atoms with E-state index in [0.29, 0.717) is 0 Å². The van der Waals surface area contributed by atoms with Gasteiger partial charge in [0.1, 0.15) is 0 Å². The first-order valence-electron chi connectivity index (χ1n) is 5.00. The second-order valence-electron chi connectivity index (χ2n) is 3.94. The molecule has 7 heteroatoms. The van der Waals surface area contributed by atoms with E-state index in [4.69, 9.17) is 0 Å². The van der Waals surface area contributed by atoms with Crippen LogP contribution >= 0.6 is 26.9 Å². The molecule has 0 bridgehead atoms. The molecule has 2 N–H and O–H groups in total. The molecule has 2 heterocycles. The van der Waals surface area contributed by atoms with Crippen molar-refractivity contribution >= 4 is 26.9 Å². The molecular formula is C10H16Br2N4Pd. The molecule has 0 aromatic carbocycles. The van der Waals surface area contributed by atoms with Crippen LogP contribution in [0.15, 0.2) is 12.1 Å². The Balaban J connectivity index is 3.20. The number of hydrogen-bond donors (Lipinski definition) is 2. The number of nitrogens with zero attached hydrogens (tertiary/aromatic N) is 2. The summed E-state index contributed by atoms with van der Waals surface area (Å²) in [4.78, 5) is 0. The van der Waals surface area contributed by atoms with E-state index in [1.807, 2.05) is 14.1 Å². The van der Waals surface area contributed by atoms with Crippen LogP contribution in [0, 0.1) is 21.4 Å². The van der Waals surface area contributed by atoms with Crippen LogP contribution in [0.25, 0.3) is 0 Å². The Morgan fingerprint density at radius 1 is 0.941 bits per heavy atom. The molecule has 0 saturated heterocycles. The molecule has 17 heavy (non-hydrogen) atoms. The molecule has 0 aliphatic rings. The number of aryl methyl sites for hydroxylation is 4. The molecule has 0 fully saturated rings. The van der Waals surface area contributed by atoms with Crippen molar-refractivity contribution in [2.24, 2.45) is 14.1 Å². The van der Waals surface area contributed by atoms with Crippen molar-refractivity contribution in [3.8, 4) is 0 Å². The van der Waals surface area contributed by atoms with Gasteiger partial charge in [-0.1, -0.05) is 0 Å². The van der Waals surface area contributed by atoms with Gasteiger partial charge in [-0.05, 0) is 0 Å². The van der Waals surface area contributed by atoms with Crippen LogP contribution in [0.2, 0.25) is 0 Å². The Bertz CT molecular complexity index is 682. The molecule has 4 nitrogen and oxygen atoms in total. The summed E-state index contributed by atoms with van der Waals surface area (Å²) in [6, 6.07) is 4.37. The van der Waals surface area contributed by atoms with Crippen LogP contribution in [0.3, 0.4) is 0 Å². The molecule has 2 rings (SSSR count). The van der Waals surface area contributed by atoms with Gasteiger partial charge in [-0.3, -0.25) is 0 Å². The maximum atomic E-state index is 3.91. The first kappa shape index (κ1) is 13.5. The summed E-state index contributed by atoms with van der Waals surface area (Å²) in [7, 11) is 1.93. The molecule has 0 aliphatic heterocycles. The minimum atomic E-state index is -2.14. The van der Waals surface area contributed by atoms with Gasteiger partial charge in [0.05, 0.1) is 0 Å². The fourth-order valence-electron chi connectivity index (χ4n) is 1.68. The molecule has 0 atom stereocenters. The second-order valence-corrected chi connectivity index (χ2v) is 20.2. The summed E-state index contributed by atoms with van der Waals surface area (Å²) >= 11 is 7.82. The van der Waals surface area contributed by atoms with E-state index in [9.17, 15) is 0 Å². The fourth-order valence-corrected chi connectivity index (χ4v) is 10.5. The van der Waals surface area contributed by atoms with Gasteiger partial charge >= 0.3 is 116 Å². The fraction of sp³-hybridized carbons (Fsp3) is 0.400. The average molecular weight is 458 g/mol. The molecule has 0 saturated carbocycles. The Morgan fingerprint density at radius 3 is 1.53 bits per heavy atom. The van der Waals surface area contributed by atoms with Gasteiger partial charge in [-0.2, -0.15) is 0 Å². The Morgan fingerprint density at radius 2 is 1.29 bits per heavy atom. The Kier molecular flexibility index (Phi) is 3.66. The Hall–Kier alpha value is 0.0423. The van der Waals surface area contributed by atoms with Crippen molar-refractivity contribution in [2.75, 3.05) is 0 Å². The van der Waals surface area contributed by atoms with E-state index in [2.05, 4.69) is 72.4 Å². The zero-order valence-corrected chi connectivity index (χ0v) is 14.8. The molecule has 0 aliphatic carbocycles. The number of halogens is 2. The number of aromatic amines is 2. The van der Waals surface area contributed by atoms with Gasteiger partial charge in [-0.15, -0.1) is 0 Å². The third-order valence-electron chi connectivity index (χ3n) is 2.35. The first-order valence-corrected chi connectivity index (χ1v) is 13.7. The van der Waals surface area contributed by atoms with Crippen LogP contribution in [-0.4, -0.2) is 19.6 Å². The summed E-state index contributed by atoms with van der Waals surface area (Å²) in [5.74, 6) is 0. The van der Waals surface area contributed by atoms with Crippen molar-refractivity contribution in [1.29, 1.82) is 0 Å². The van der Waals surface area contributed by atoms with Crippen molar-refractivity contribution in [3.05, 3.63) is 31.0 Å². The predicted molar refractivity (Wildman–Crippen MR) is 73.3 cm³/mol. The zero-order chi connectivity index (χ0) is 12.8. The van der Waals surface area contributed by atoms with Crippen molar-refractivity contribution in [1.82, 2.24) is 19.6 Å². The van der Waals surface area contributed by atoms with E-state index in [-0.39, 0.29) is 0 Å². The number of hydrogen-bond acceptors (Lipinski definition) is 0. The summed E-state index contributed by atoms with van der Waals surface area (Å²) in [5, 5.41) is 6.57. The molecular weight excluding hydrogens is 442 g/mol. The van der Waals surface area contributed by atoms with Gasteiger partial charge in [0.25, 0.3) is 0 Å². The van der Waals surface area contributed by atoms with E-state index >= 15 is 0 Å². The standard InChI is InChI=1S/2C5H8N2.2BrH.Pd/c2*1-5-3-4-7(2)6-5;;;/h2*3,6H,1-2H3;2*1H;/q;;;;+2/p-2. The SMILES string of the molecule is Cc1c[c](=[Pd]([Br])([Br])=[c]2cc(C)[nH]n2C)n(C)[nH]1. The molecule has 0 amide bonds. The van der Waals surface area contributed by atoms with Crippen molar-refractivity contribution < 1.29 is 10.6 Å². The zero-order valence-electron chi connectivity index (χ0n) is 10.1. The van der Waals surface area contributed by atoms with E-state index in [1.54, 1.807) is 0 Å². The van der Waals surface area contributed by atoms with E-state index < -0.39 is 10.6 Å². The van der Waals surface area contributed by atoms with Gasteiger partial charge < -0.3 is 0 Å². The van der Waals surface area contributed by atoms with Crippen LogP contribution < -0.4 is 0 Å². The van der Waals surface area contributed by atoms with Gasteiger partial charge in [0, 0.05) is 0 Å². The van der Waals surface area contributed by atoms with E-state index in [1.165, 1.54) is 7.52 Å². The molecule has 0 unspecified atom stereocenters. The third kappa shape index (κ3) is 2.44. The number of rotatable bonds is 0. The third-order valence-corrected chi connectivity index (χ3v) is 11.9. The van der Waals surface area contributed by atoms with Crippen LogP contribution in [-0.2, 0) is 24.7 Å². The quantitative estimate of drug-likeness (QED) is 0.570. The molecule has 2 aromatic heterocycles. The van der Waals surface area contributed by atoms with Crippen molar-refractivity contribution in [3.63, 3.8) is 0 Å². The molecule has 100 valence electrons. The predicted octanol–water partition coefficient (Wildman–Crippen LogP) is 3.17. The van der Waals surface area contributed by atoms with Crippen LogP contribution in [0.5, 0.6) is 0 Å². The first-order chi connectivity index (χ1) is 7.82. The van der Waals surface area contributed by atoms with Crippen LogP contribution in [0.4, 0.5) is 0 Å². The monoisotopic (exact) mass is 456 g/mol. The van der Waals surface area contributed by atoms with E-state index in [0.717, 1.165) is 11.4 Å². The molecule has 2 aromatic rings. The van der Waals surface area contributed by atoms with Gasteiger partial charge in [-0.25, -0.2) is 0 Å². The summed E-state index contributed by atoms with van der Waals surface area (Å²) in [5.41, 5.74) is 2.33. The molecule has 0 radical (unpaired) electrons. The molecule has 0 spiro atoms. The minimum absolute atomic E-state index is 1.16. The second kappa shape index (κ2) is 4.62. The van der Waals surface area contributed by atoms with Crippen LogP contribution in [0.1, 0.15) is 11.4 Å². The van der Waals surface area contributed by atoms with Gasteiger partial charge in [0.2, 0.25) is 0 Å². The Labute approximate surface area is 115 Å². The maximum absolute atomic E-state index is 3.91.